The van der Waals surface area contributed by atoms with Crippen molar-refractivity contribution in [3.8, 4) is 0 Å². The summed E-state index contributed by atoms with van der Waals surface area (Å²) in [7, 11) is 0. The van der Waals surface area contributed by atoms with Crippen LogP contribution in [0.1, 0.15) is 60.6 Å². The van der Waals surface area contributed by atoms with Gasteiger partial charge in [-0.2, -0.15) is 10.2 Å². The van der Waals surface area contributed by atoms with E-state index < -0.39 is 18.0 Å². The van der Waals surface area contributed by atoms with Gasteiger partial charge in [0.15, 0.2) is 11.3 Å². The van der Waals surface area contributed by atoms with Gasteiger partial charge in [-0.25, -0.2) is 18.3 Å². The molecule has 2 saturated heterocycles. The van der Waals surface area contributed by atoms with Crippen LogP contribution in [0.2, 0.25) is 0 Å². The molecule has 35 heavy (non-hydrogen) atoms. The minimum Gasteiger partial charge on any atom is -0.396 e. The summed E-state index contributed by atoms with van der Waals surface area (Å²) < 4.78 is 36.2. The minimum atomic E-state index is -2.83. The van der Waals surface area contributed by atoms with Gasteiger partial charge in [0.05, 0.1) is 36.7 Å². The van der Waals surface area contributed by atoms with E-state index >= 15 is 0 Å². The fraction of sp³-hybridized carbons (Fsp3) is 0.565. The van der Waals surface area contributed by atoms with Crippen LogP contribution < -0.4 is 10.2 Å². The topological polar surface area (TPSA) is 110 Å². The summed E-state index contributed by atoms with van der Waals surface area (Å²) in [6.07, 6.45) is 6.06. The Hall–Kier alpha value is -3.12. The molecule has 5 heterocycles. The summed E-state index contributed by atoms with van der Waals surface area (Å²) in [6, 6.07) is 2.08. The van der Waals surface area contributed by atoms with Crippen LogP contribution in [-0.2, 0) is 4.74 Å². The maximum Gasteiger partial charge on any atom is 0.284 e. The number of ether oxygens (including phenoxy) is 1. The van der Waals surface area contributed by atoms with Crippen LogP contribution in [0.15, 0.2) is 24.7 Å². The highest BCUT2D eigenvalue weighted by Gasteiger charge is 2.39. The lowest BCUT2D eigenvalue weighted by Crippen LogP contribution is -2.37. The first kappa shape index (κ1) is 22.4. The molecule has 12 heteroatoms. The lowest BCUT2D eigenvalue weighted by molar-refractivity contribution is 0.0988. The largest absolute Gasteiger partial charge is 0.396 e. The number of carbonyl (C=O) groups is 1. The highest BCUT2D eigenvalue weighted by Crippen LogP contribution is 2.35. The second kappa shape index (κ2) is 8.83. The molecule has 1 unspecified atom stereocenters. The van der Waals surface area contributed by atoms with E-state index in [1.807, 2.05) is 6.07 Å². The number of alkyl halides is 2. The van der Waals surface area contributed by atoms with Gasteiger partial charge in [-0.15, -0.1) is 0 Å². The lowest BCUT2D eigenvalue weighted by Gasteiger charge is -2.27. The number of rotatable bonds is 6. The third-order valence-corrected chi connectivity index (χ3v) is 7.46. The fourth-order valence-electron chi connectivity index (χ4n) is 5.49. The molecule has 0 aromatic carbocycles. The van der Waals surface area contributed by atoms with Gasteiger partial charge >= 0.3 is 0 Å². The van der Waals surface area contributed by atoms with Gasteiger partial charge in [0.1, 0.15) is 11.4 Å². The van der Waals surface area contributed by atoms with E-state index in [1.165, 1.54) is 21.6 Å². The summed E-state index contributed by atoms with van der Waals surface area (Å²) in [5, 5.41) is 20.3. The molecule has 2 atom stereocenters. The zero-order valence-corrected chi connectivity index (χ0v) is 19.1. The molecular formula is C23H27F2N7O3. The lowest BCUT2D eigenvalue weighted by atomic mass is 9.87. The molecule has 2 N–H and O–H groups in total. The average molecular weight is 488 g/mol. The zero-order valence-electron chi connectivity index (χ0n) is 19.1. The van der Waals surface area contributed by atoms with Crippen molar-refractivity contribution in [3.63, 3.8) is 0 Å². The fourth-order valence-corrected chi connectivity index (χ4v) is 5.49. The molecule has 3 aromatic rings. The second-order valence-corrected chi connectivity index (χ2v) is 9.63. The summed E-state index contributed by atoms with van der Waals surface area (Å²) >= 11 is 0. The predicted molar refractivity (Wildman–Crippen MR) is 122 cm³/mol. The average Bonchev–Trinajstić information content (AvgIpc) is 3.66. The monoisotopic (exact) mass is 487 g/mol. The Morgan fingerprint density at radius 2 is 2.09 bits per heavy atom. The highest BCUT2D eigenvalue weighted by atomic mass is 19.3. The Bertz CT molecular complexity index is 1240. The number of fused-ring (bicyclic) bond motifs is 3. The normalized spacial score (nSPS) is 26.2. The van der Waals surface area contributed by atoms with Crippen molar-refractivity contribution in [2.24, 2.45) is 5.92 Å². The quantitative estimate of drug-likeness (QED) is 0.550. The number of carbonyl (C=O) groups excluding carboxylic acids is 1. The molecule has 3 fully saturated rings. The number of hydrogen-bond donors (Lipinski definition) is 2. The maximum absolute atomic E-state index is 13.8. The molecule has 3 aromatic heterocycles. The summed E-state index contributed by atoms with van der Waals surface area (Å²) in [5.41, 5.74) is 0.0838. The molecule has 1 aliphatic carbocycles. The number of aromatic nitrogens is 5. The van der Waals surface area contributed by atoms with Crippen molar-refractivity contribution in [2.75, 3.05) is 30.0 Å². The van der Waals surface area contributed by atoms with Gasteiger partial charge in [0.25, 0.3) is 12.3 Å². The van der Waals surface area contributed by atoms with Gasteiger partial charge in [0.2, 0.25) is 0 Å². The molecule has 0 radical (unpaired) electrons. The van der Waals surface area contributed by atoms with Crippen LogP contribution in [-0.4, -0.2) is 67.3 Å². The Labute approximate surface area is 199 Å². The predicted octanol–water partition coefficient (Wildman–Crippen LogP) is 2.82. The summed E-state index contributed by atoms with van der Waals surface area (Å²) in [6.45, 7) is 1.55. The van der Waals surface area contributed by atoms with E-state index in [0.29, 0.717) is 12.3 Å². The summed E-state index contributed by atoms with van der Waals surface area (Å²) in [5.74, 6) is 0.413. The number of aliphatic hydroxyl groups excluding tert-OH is 1. The number of halogens is 2. The summed E-state index contributed by atoms with van der Waals surface area (Å²) in [4.78, 5) is 20.0. The van der Waals surface area contributed by atoms with Gasteiger partial charge < -0.3 is 20.1 Å². The molecule has 3 aliphatic rings. The van der Waals surface area contributed by atoms with Crippen LogP contribution in [0.5, 0.6) is 0 Å². The molecular weight excluding hydrogens is 460 g/mol. The molecule has 1 amide bonds. The zero-order chi connectivity index (χ0) is 24.1. The number of aliphatic hydroxyl groups is 1. The first-order chi connectivity index (χ1) is 17.0. The standard InChI is InChI=1S/C23H27F2N7O3/c24-21(25)20-18(10-32(29-20)14-3-1-13(11-33)2-4-14)27-23(34)17-8-26-31-6-5-19(28-22(17)31)30-9-16-7-15(30)12-35-16/h5-6,8,10,13-16,21,33H,1-4,7,9,11-12H2,(H,27,34)/t13-,14-,15-,16?/m0/s1. The first-order valence-corrected chi connectivity index (χ1v) is 12.0. The molecule has 6 rings (SSSR count). The number of anilines is 2. The number of nitrogens with one attached hydrogen (secondary N) is 1. The van der Waals surface area contributed by atoms with Crippen molar-refractivity contribution in [1.82, 2.24) is 24.4 Å². The van der Waals surface area contributed by atoms with Crippen LogP contribution in [0.3, 0.4) is 0 Å². The van der Waals surface area contributed by atoms with Crippen molar-refractivity contribution < 1.29 is 23.4 Å². The first-order valence-electron chi connectivity index (χ1n) is 12.0. The highest BCUT2D eigenvalue weighted by molar-refractivity contribution is 6.08. The molecule has 0 spiro atoms. The maximum atomic E-state index is 13.8. The van der Waals surface area contributed by atoms with Crippen molar-refractivity contribution in [2.45, 2.75) is 56.7 Å². The number of amides is 1. The van der Waals surface area contributed by atoms with E-state index in [1.54, 1.807) is 6.20 Å². The minimum absolute atomic E-state index is 0.0150. The number of hydrogen-bond acceptors (Lipinski definition) is 7. The van der Waals surface area contributed by atoms with E-state index in [2.05, 4.69) is 25.4 Å². The van der Waals surface area contributed by atoms with Gasteiger partial charge in [-0.05, 0) is 44.1 Å². The van der Waals surface area contributed by atoms with E-state index in [-0.39, 0.29) is 42.0 Å². The SMILES string of the molecule is O=C(Nc1cn([C@H]2CC[C@H](CO)CC2)nc1C(F)F)c1cnn2ccc(N3CC4C[C@H]3CO4)nc12. The van der Waals surface area contributed by atoms with Gasteiger partial charge in [-0.1, -0.05) is 0 Å². The van der Waals surface area contributed by atoms with E-state index in [0.717, 1.165) is 44.5 Å². The van der Waals surface area contributed by atoms with Crippen molar-refractivity contribution >= 4 is 23.1 Å². The molecule has 1 saturated carbocycles. The van der Waals surface area contributed by atoms with Crippen molar-refractivity contribution in [1.29, 1.82) is 0 Å². The second-order valence-electron chi connectivity index (χ2n) is 9.63. The Balaban J connectivity index is 1.24. The number of morpholine rings is 1. The third-order valence-electron chi connectivity index (χ3n) is 7.46. The van der Waals surface area contributed by atoms with E-state index in [9.17, 15) is 18.7 Å². The molecule has 2 bridgehead atoms. The van der Waals surface area contributed by atoms with Crippen LogP contribution in [0.4, 0.5) is 20.3 Å². The van der Waals surface area contributed by atoms with Crippen LogP contribution in [0.25, 0.3) is 5.65 Å². The Morgan fingerprint density at radius 3 is 2.77 bits per heavy atom. The Morgan fingerprint density at radius 1 is 1.26 bits per heavy atom. The van der Waals surface area contributed by atoms with Gasteiger partial charge in [0, 0.05) is 25.5 Å². The molecule has 186 valence electrons. The van der Waals surface area contributed by atoms with Gasteiger partial charge in [-0.3, -0.25) is 9.48 Å². The Kier molecular flexibility index (Phi) is 5.64. The van der Waals surface area contributed by atoms with E-state index in [4.69, 9.17) is 4.74 Å². The van der Waals surface area contributed by atoms with Crippen LogP contribution in [0, 0.1) is 5.92 Å². The number of nitrogens with zero attached hydrogens (tertiary/aromatic N) is 6. The third kappa shape index (κ3) is 4.04. The molecule has 2 aliphatic heterocycles. The van der Waals surface area contributed by atoms with Crippen molar-refractivity contribution in [3.05, 3.63) is 35.9 Å². The molecule has 10 nitrogen and oxygen atoms in total. The van der Waals surface area contributed by atoms with Crippen LogP contribution >= 0.6 is 0 Å². The smallest absolute Gasteiger partial charge is 0.284 e.